The number of aromatic nitrogens is 1. The highest BCUT2D eigenvalue weighted by atomic mass is 16.5. The Labute approximate surface area is 186 Å². The van der Waals surface area contributed by atoms with Gasteiger partial charge in [0.2, 0.25) is 11.8 Å². The van der Waals surface area contributed by atoms with Crippen LogP contribution in [0.15, 0.2) is 72.9 Å². The summed E-state index contributed by atoms with van der Waals surface area (Å²) in [6.45, 7) is 0.959. The topological polar surface area (TPSA) is 95.3 Å². The quantitative estimate of drug-likeness (QED) is 0.659. The highest BCUT2D eigenvalue weighted by Gasteiger charge is 2.28. The number of nitrogens with zero attached hydrogens (tertiary/aromatic N) is 3. The number of nitriles is 1. The van der Waals surface area contributed by atoms with E-state index < -0.39 is 0 Å². The minimum atomic E-state index is -0.172. The molecule has 0 unspecified atom stereocenters. The number of rotatable bonds is 5. The molecule has 0 radical (unpaired) electrons. The van der Waals surface area contributed by atoms with Crippen LogP contribution in [0.25, 0.3) is 0 Å². The van der Waals surface area contributed by atoms with E-state index in [4.69, 9.17) is 4.74 Å². The Morgan fingerprint density at radius 1 is 1.00 bits per heavy atom. The first-order valence-corrected chi connectivity index (χ1v) is 10.4. The van der Waals surface area contributed by atoms with E-state index >= 15 is 0 Å². The Balaban J connectivity index is 1.30. The Kier molecular flexibility index (Phi) is 6.42. The second-order valence-electron chi connectivity index (χ2n) is 7.51. The zero-order chi connectivity index (χ0) is 22.3. The average molecular weight is 426 g/mol. The summed E-state index contributed by atoms with van der Waals surface area (Å²) in [5.74, 6) is 0.737. The molecule has 1 aliphatic heterocycles. The summed E-state index contributed by atoms with van der Waals surface area (Å²) in [4.78, 5) is 31.3. The zero-order valence-corrected chi connectivity index (χ0v) is 17.4. The predicted molar refractivity (Wildman–Crippen MR) is 119 cm³/mol. The first-order valence-electron chi connectivity index (χ1n) is 10.4. The molecule has 2 aromatic carbocycles. The molecule has 160 valence electrons. The number of pyridine rings is 1. The molecular formula is C25H22N4O3. The van der Waals surface area contributed by atoms with Gasteiger partial charge in [-0.1, -0.05) is 18.2 Å². The van der Waals surface area contributed by atoms with Gasteiger partial charge in [-0.15, -0.1) is 0 Å². The largest absolute Gasteiger partial charge is 0.439 e. The Bertz CT molecular complexity index is 1130. The van der Waals surface area contributed by atoms with E-state index in [2.05, 4.69) is 16.4 Å². The molecule has 2 amide bonds. The van der Waals surface area contributed by atoms with Gasteiger partial charge in [-0.3, -0.25) is 9.59 Å². The van der Waals surface area contributed by atoms with Crippen molar-refractivity contribution in [3.63, 3.8) is 0 Å². The number of nitrogens with one attached hydrogen (secondary N) is 1. The number of amides is 2. The molecule has 1 fully saturated rings. The van der Waals surface area contributed by atoms with Crippen molar-refractivity contribution >= 4 is 17.5 Å². The summed E-state index contributed by atoms with van der Waals surface area (Å²) in [5, 5.41) is 12.2. The van der Waals surface area contributed by atoms with E-state index in [9.17, 15) is 14.9 Å². The third-order valence-electron chi connectivity index (χ3n) is 5.41. The number of carbonyl (C=O) groups excluding carboxylic acids is 2. The predicted octanol–water partition coefficient (Wildman–Crippen LogP) is 4.24. The van der Waals surface area contributed by atoms with Gasteiger partial charge in [0, 0.05) is 37.0 Å². The van der Waals surface area contributed by atoms with Gasteiger partial charge >= 0.3 is 0 Å². The molecule has 7 nitrogen and oxygen atoms in total. The summed E-state index contributed by atoms with van der Waals surface area (Å²) < 4.78 is 5.66. The van der Waals surface area contributed by atoms with Gasteiger partial charge in [-0.25, -0.2) is 4.98 Å². The van der Waals surface area contributed by atoms with Crippen molar-refractivity contribution < 1.29 is 14.3 Å². The fraction of sp³-hybridized carbons (Fsp3) is 0.200. The van der Waals surface area contributed by atoms with Crippen LogP contribution in [0.2, 0.25) is 0 Å². The molecule has 0 saturated carbocycles. The first kappa shape index (κ1) is 21.1. The third-order valence-corrected chi connectivity index (χ3v) is 5.41. The molecule has 1 N–H and O–H groups in total. The maximum absolute atomic E-state index is 12.8. The Morgan fingerprint density at radius 3 is 2.41 bits per heavy atom. The molecule has 3 aromatic rings. The molecule has 1 aliphatic rings. The van der Waals surface area contributed by atoms with Crippen LogP contribution in [0, 0.1) is 17.2 Å². The second kappa shape index (κ2) is 9.75. The van der Waals surface area contributed by atoms with Gasteiger partial charge in [0.15, 0.2) is 0 Å². The number of likely N-dealkylation sites (tertiary alicyclic amines) is 1. The minimum Gasteiger partial charge on any atom is -0.439 e. The highest BCUT2D eigenvalue weighted by Crippen LogP contribution is 2.24. The van der Waals surface area contributed by atoms with E-state index in [0.29, 0.717) is 54.4 Å². The van der Waals surface area contributed by atoms with Crippen molar-refractivity contribution in [2.75, 3.05) is 18.4 Å². The number of carbonyl (C=O) groups is 2. The van der Waals surface area contributed by atoms with Crippen LogP contribution in [0.3, 0.4) is 0 Å². The fourth-order valence-corrected chi connectivity index (χ4v) is 3.66. The molecule has 0 bridgehead atoms. The van der Waals surface area contributed by atoms with Gasteiger partial charge in [0.05, 0.1) is 17.2 Å². The van der Waals surface area contributed by atoms with Crippen LogP contribution >= 0.6 is 0 Å². The summed E-state index contributed by atoms with van der Waals surface area (Å²) in [6, 6.07) is 21.4. The molecule has 32 heavy (non-hydrogen) atoms. The van der Waals surface area contributed by atoms with E-state index in [1.54, 1.807) is 65.7 Å². The van der Waals surface area contributed by atoms with Crippen molar-refractivity contribution in [1.29, 1.82) is 5.26 Å². The van der Waals surface area contributed by atoms with Crippen molar-refractivity contribution in [1.82, 2.24) is 9.88 Å². The lowest BCUT2D eigenvalue weighted by Gasteiger charge is -2.31. The van der Waals surface area contributed by atoms with Gasteiger partial charge in [0.1, 0.15) is 5.75 Å². The normalized spacial score (nSPS) is 13.8. The molecule has 7 heteroatoms. The van der Waals surface area contributed by atoms with Crippen LogP contribution in [0.4, 0.5) is 5.69 Å². The monoisotopic (exact) mass is 426 g/mol. The number of benzene rings is 2. The smallest absolute Gasteiger partial charge is 0.255 e. The van der Waals surface area contributed by atoms with Crippen molar-refractivity contribution in [2.24, 2.45) is 5.92 Å². The van der Waals surface area contributed by atoms with Gasteiger partial charge in [0.25, 0.3) is 5.91 Å². The lowest BCUT2D eigenvalue weighted by molar-refractivity contribution is -0.121. The van der Waals surface area contributed by atoms with Gasteiger partial charge in [-0.2, -0.15) is 5.26 Å². The highest BCUT2D eigenvalue weighted by molar-refractivity contribution is 5.97. The molecule has 2 heterocycles. The summed E-state index contributed by atoms with van der Waals surface area (Å²) in [5.41, 5.74) is 1.46. The third kappa shape index (κ3) is 4.93. The van der Waals surface area contributed by atoms with Crippen LogP contribution in [0.5, 0.6) is 11.6 Å². The molecule has 0 spiro atoms. The lowest BCUT2D eigenvalue weighted by Crippen LogP contribution is -2.41. The summed E-state index contributed by atoms with van der Waals surface area (Å²) >= 11 is 0. The number of hydrogen-bond acceptors (Lipinski definition) is 5. The lowest BCUT2D eigenvalue weighted by atomic mass is 9.95. The minimum absolute atomic E-state index is 0.0621. The molecule has 1 saturated heterocycles. The number of hydrogen-bond donors (Lipinski definition) is 1. The summed E-state index contributed by atoms with van der Waals surface area (Å²) in [6.07, 6.45) is 2.81. The molecule has 4 rings (SSSR count). The maximum Gasteiger partial charge on any atom is 0.255 e. The van der Waals surface area contributed by atoms with Gasteiger partial charge in [-0.05, 0) is 55.3 Å². The molecule has 0 aliphatic carbocycles. The molecule has 0 atom stereocenters. The van der Waals surface area contributed by atoms with Crippen LogP contribution in [-0.2, 0) is 4.79 Å². The van der Waals surface area contributed by atoms with Crippen LogP contribution in [-0.4, -0.2) is 34.8 Å². The number of piperidine rings is 1. The van der Waals surface area contributed by atoms with Crippen molar-refractivity contribution in [2.45, 2.75) is 12.8 Å². The van der Waals surface area contributed by atoms with Crippen molar-refractivity contribution in [3.05, 3.63) is 84.1 Å². The summed E-state index contributed by atoms with van der Waals surface area (Å²) in [7, 11) is 0. The zero-order valence-electron chi connectivity index (χ0n) is 17.4. The van der Waals surface area contributed by atoms with E-state index in [-0.39, 0.29) is 17.7 Å². The number of ether oxygens (including phenoxy) is 1. The molecular weight excluding hydrogens is 404 g/mol. The number of anilines is 1. The fourth-order valence-electron chi connectivity index (χ4n) is 3.66. The average Bonchev–Trinajstić information content (AvgIpc) is 2.85. The standard InChI is InChI=1S/C25H22N4O3/c26-17-19-5-1-2-6-22(19)25(31)29-15-12-18(13-16-29)24(30)28-20-8-10-21(11-9-20)32-23-7-3-4-14-27-23/h1-11,14,18H,12-13,15-16H2,(H,28,30). The first-order chi connectivity index (χ1) is 15.6. The van der Waals surface area contributed by atoms with E-state index in [1.807, 2.05) is 12.1 Å². The Hall–Kier alpha value is -4.18. The van der Waals surface area contributed by atoms with Crippen molar-refractivity contribution in [3.8, 4) is 17.7 Å². The second-order valence-corrected chi connectivity index (χ2v) is 7.51. The SMILES string of the molecule is N#Cc1ccccc1C(=O)N1CCC(C(=O)Nc2ccc(Oc3ccccn3)cc2)CC1. The van der Waals surface area contributed by atoms with Crippen LogP contribution in [0.1, 0.15) is 28.8 Å². The Morgan fingerprint density at radius 2 is 1.72 bits per heavy atom. The molecule has 1 aromatic heterocycles. The van der Waals surface area contributed by atoms with E-state index in [1.165, 1.54) is 0 Å². The van der Waals surface area contributed by atoms with Crippen LogP contribution < -0.4 is 10.1 Å². The van der Waals surface area contributed by atoms with E-state index in [0.717, 1.165) is 0 Å². The van der Waals surface area contributed by atoms with Gasteiger partial charge < -0.3 is 15.0 Å². The maximum atomic E-state index is 12.8.